The van der Waals surface area contributed by atoms with Crippen LogP contribution in [-0.2, 0) is 5.60 Å². The standard InChI is InChI=1S/C17H13ClN2O/c18-16-8-6-14(7-9-16)17(21,13-4-2-1-3-5-13)15-10-11-19-20-12-15/h1-12,21H. The smallest absolute Gasteiger partial charge is 0.142 e. The topological polar surface area (TPSA) is 46.0 Å². The molecular formula is C17H13ClN2O. The summed E-state index contributed by atoms with van der Waals surface area (Å²) in [5.41, 5.74) is 0.861. The van der Waals surface area contributed by atoms with E-state index >= 15 is 0 Å². The monoisotopic (exact) mass is 296 g/mol. The third-order valence-electron chi connectivity index (χ3n) is 3.46. The Morgan fingerprint density at radius 1 is 0.762 bits per heavy atom. The molecule has 3 aromatic rings. The van der Waals surface area contributed by atoms with Crippen molar-refractivity contribution < 1.29 is 5.11 Å². The van der Waals surface area contributed by atoms with E-state index in [0.717, 1.165) is 11.1 Å². The second kappa shape index (κ2) is 5.64. The fraction of sp³-hybridized carbons (Fsp3) is 0.0588. The van der Waals surface area contributed by atoms with E-state index in [9.17, 15) is 5.11 Å². The zero-order valence-electron chi connectivity index (χ0n) is 11.1. The van der Waals surface area contributed by atoms with Gasteiger partial charge in [-0.25, -0.2) is 0 Å². The van der Waals surface area contributed by atoms with Crippen LogP contribution >= 0.6 is 11.6 Å². The number of benzene rings is 2. The quantitative estimate of drug-likeness (QED) is 0.805. The molecule has 0 aliphatic carbocycles. The highest BCUT2D eigenvalue weighted by molar-refractivity contribution is 6.30. The zero-order valence-corrected chi connectivity index (χ0v) is 11.9. The summed E-state index contributed by atoms with van der Waals surface area (Å²) in [6, 6.07) is 18.4. The normalized spacial score (nSPS) is 13.6. The number of halogens is 1. The first-order valence-corrected chi connectivity index (χ1v) is 6.90. The Labute approximate surface area is 127 Å². The molecule has 0 fully saturated rings. The van der Waals surface area contributed by atoms with Gasteiger partial charge >= 0.3 is 0 Å². The summed E-state index contributed by atoms with van der Waals surface area (Å²) in [6.07, 6.45) is 3.14. The predicted molar refractivity (Wildman–Crippen MR) is 82.0 cm³/mol. The van der Waals surface area contributed by atoms with Gasteiger partial charge in [-0.3, -0.25) is 0 Å². The molecule has 0 aliphatic rings. The Kier molecular flexibility index (Phi) is 3.69. The summed E-state index contributed by atoms with van der Waals surface area (Å²) in [7, 11) is 0. The van der Waals surface area contributed by atoms with Crippen molar-refractivity contribution in [3.05, 3.63) is 94.8 Å². The van der Waals surface area contributed by atoms with E-state index in [1.807, 2.05) is 42.5 Å². The molecular weight excluding hydrogens is 284 g/mol. The van der Waals surface area contributed by atoms with Crippen LogP contribution in [0.25, 0.3) is 0 Å². The van der Waals surface area contributed by atoms with E-state index in [1.54, 1.807) is 30.6 Å². The van der Waals surface area contributed by atoms with Gasteiger partial charge in [-0.2, -0.15) is 10.2 Å². The van der Waals surface area contributed by atoms with Crippen molar-refractivity contribution >= 4 is 11.6 Å². The minimum Gasteiger partial charge on any atom is -0.376 e. The first-order chi connectivity index (χ1) is 10.2. The van der Waals surface area contributed by atoms with Crippen LogP contribution in [0.3, 0.4) is 0 Å². The molecule has 1 aromatic heterocycles. The molecule has 21 heavy (non-hydrogen) atoms. The predicted octanol–water partition coefficient (Wildman–Crippen LogP) is 3.41. The number of nitrogens with zero attached hydrogens (tertiary/aromatic N) is 2. The maximum Gasteiger partial charge on any atom is 0.142 e. The number of aromatic nitrogens is 2. The summed E-state index contributed by atoms with van der Waals surface area (Å²) in [5, 5.41) is 19.7. The molecule has 1 unspecified atom stereocenters. The first-order valence-electron chi connectivity index (χ1n) is 6.52. The second-order valence-electron chi connectivity index (χ2n) is 4.71. The SMILES string of the molecule is OC(c1ccccc1)(c1ccc(Cl)cc1)c1ccnnc1. The van der Waals surface area contributed by atoms with E-state index in [4.69, 9.17) is 11.6 Å². The lowest BCUT2D eigenvalue weighted by Gasteiger charge is -2.29. The maximum absolute atomic E-state index is 11.4. The molecule has 0 saturated carbocycles. The molecule has 0 aliphatic heterocycles. The molecule has 104 valence electrons. The van der Waals surface area contributed by atoms with Crippen molar-refractivity contribution in [2.45, 2.75) is 5.60 Å². The molecule has 3 nitrogen and oxygen atoms in total. The second-order valence-corrected chi connectivity index (χ2v) is 5.15. The molecule has 2 aromatic carbocycles. The summed E-state index contributed by atoms with van der Waals surface area (Å²) < 4.78 is 0. The fourth-order valence-corrected chi connectivity index (χ4v) is 2.50. The molecule has 1 N–H and O–H groups in total. The Bertz CT molecular complexity index is 675. The third-order valence-corrected chi connectivity index (χ3v) is 3.71. The Morgan fingerprint density at radius 3 is 2.05 bits per heavy atom. The maximum atomic E-state index is 11.4. The van der Waals surface area contributed by atoms with Crippen molar-refractivity contribution in [3.63, 3.8) is 0 Å². The minimum atomic E-state index is -1.29. The third kappa shape index (κ3) is 2.53. The van der Waals surface area contributed by atoms with E-state index < -0.39 is 5.60 Å². The lowest BCUT2D eigenvalue weighted by molar-refractivity contribution is 0.125. The number of hydrogen-bond donors (Lipinski definition) is 1. The van der Waals surface area contributed by atoms with Crippen LogP contribution in [0.15, 0.2) is 73.1 Å². The Balaban J connectivity index is 2.23. The molecule has 0 amide bonds. The van der Waals surface area contributed by atoms with Gasteiger partial charge in [0.2, 0.25) is 0 Å². The van der Waals surface area contributed by atoms with Gasteiger partial charge in [0.05, 0.1) is 6.20 Å². The van der Waals surface area contributed by atoms with Crippen molar-refractivity contribution in [2.75, 3.05) is 0 Å². The summed E-state index contributed by atoms with van der Waals surface area (Å²) in [4.78, 5) is 0. The van der Waals surface area contributed by atoms with Crippen LogP contribution < -0.4 is 0 Å². The lowest BCUT2D eigenvalue weighted by Crippen LogP contribution is -2.29. The van der Waals surface area contributed by atoms with Crippen LogP contribution in [0.2, 0.25) is 5.02 Å². The average Bonchev–Trinajstić information content (AvgIpc) is 2.56. The van der Waals surface area contributed by atoms with E-state index in [0.29, 0.717) is 10.6 Å². The molecule has 0 bridgehead atoms. The Morgan fingerprint density at radius 2 is 1.43 bits per heavy atom. The van der Waals surface area contributed by atoms with Crippen molar-refractivity contribution in [1.29, 1.82) is 0 Å². The van der Waals surface area contributed by atoms with Crippen LogP contribution in [0.1, 0.15) is 16.7 Å². The van der Waals surface area contributed by atoms with Crippen LogP contribution in [0.5, 0.6) is 0 Å². The molecule has 0 spiro atoms. The number of aliphatic hydroxyl groups is 1. The lowest BCUT2D eigenvalue weighted by atomic mass is 9.81. The van der Waals surface area contributed by atoms with Crippen LogP contribution in [0.4, 0.5) is 0 Å². The highest BCUT2D eigenvalue weighted by Crippen LogP contribution is 2.36. The largest absolute Gasteiger partial charge is 0.376 e. The van der Waals surface area contributed by atoms with Gasteiger partial charge in [-0.05, 0) is 29.3 Å². The summed E-state index contributed by atoms with van der Waals surface area (Å²) in [5.74, 6) is 0. The summed E-state index contributed by atoms with van der Waals surface area (Å²) in [6.45, 7) is 0. The van der Waals surface area contributed by atoms with Crippen molar-refractivity contribution in [2.24, 2.45) is 0 Å². The highest BCUT2D eigenvalue weighted by Gasteiger charge is 2.33. The van der Waals surface area contributed by atoms with Gasteiger partial charge in [0.25, 0.3) is 0 Å². The fourth-order valence-electron chi connectivity index (χ4n) is 2.38. The van der Waals surface area contributed by atoms with Gasteiger partial charge in [-0.15, -0.1) is 0 Å². The molecule has 1 heterocycles. The summed E-state index contributed by atoms with van der Waals surface area (Å²) >= 11 is 5.95. The molecule has 0 saturated heterocycles. The van der Waals surface area contributed by atoms with Crippen LogP contribution in [0, 0.1) is 0 Å². The van der Waals surface area contributed by atoms with Crippen molar-refractivity contribution in [3.8, 4) is 0 Å². The first kappa shape index (κ1) is 13.7. The van der Waals surface area contributed by atoms with Crippen LogP contribution in [-0.4, -0.2) is 15.3 Å². The molecule has 3 rings (SSSR count). The van der Waals surface area contributed by atoms with Gasteiger partial charge in [0.1, 0.15) is 5.60 Å². The van der Waals surface area contributed by atoms with Gasteiger partial charge < -0.3 is 5.11 Å². The van der Waals surface area contributed by atoms with Gasteiger partial charge in [0.15, 0.2) is 0 Å². The van der Waals surface area contributed by atoms with Crippen molar-refractivity contribution in [1.82, 2.24) is 10.2 Å². The van der Waals surface area contributed by atoms with E-state index in [2.05, 4.69) is 10.2 Å². The average molecular weight is 297 g/mol. The van der Waals surface area contributed by atoms with E-state index in [-0.39, 0.29) is 0 Å². The van der Waals surface area contributed by atoms with Gasteiger partial charge in [-0.1, -0.05) is 54.1 Å². The Hall–Kier alpha value is -2.23. The number of hydrogen-bond acceptors (Lipinski definition) is 3. The zero-order chi connectivity index (χ0) is 14.7. The van der Waals surface area contributed by atoms with Gasteiger partial charge in [0, 0.05) is 16.8 Å². The molecule has 4 heteroatoms. The van der Waals surface area contributed by atoms with E-state index in [1.165, 1.54) is 0 Å². The molecule has 0 radical (unpaired) electrons. The molecule has 1 atom stereocenters. The minimum absolute atomic E-state index is 0.627. The highest BCUT2D eigenvalue weighted by atomic mass is 35.5. The number of rotatable bonds is 3.